The number of rotatable bonds is 6. The van der Waals surface area contributed by atoms with E-state index in [1.807, 2.05) is 6.07 Å². The summed E-state index contributed by atoms with van der Waals surface area (Å²) in [6.07, 6.45) is 8.76. The predicted molar refractivity (Wildman–Crippen MR) is 129 cm³/mol. The molecule has 1 saturated carbocycles. The second-order valence-corrected chi connectivity index (χ2v) is 8.87. The Morgan fingerprint density at radius 3 is 2.70 bits per heavy atom. The molecule has 0 saturated heterocycles. The third kappa shape index (κ3) is 5.74. The van der Waals surface area contributed by atoms with Crippen molar-refractivity contribution in [3.05, 3.63) is 57.9 Å². The van der Waals surface area contributed by atoms with Gasteiger partial charge in [0.1, 0.15) is 11.6 Å². The third-order valence-electron chi connectivity index (χ3n) is 6.65. The van der Waals surface area contributed by atoms with E-state index in [0.717, 1.165) is 61.1 Å². The molecule has 0 aromatic carbocycles. The van der Waals surface area contributed by atoms with Crippen molar-refractivity contribution in [3.63, 3.8) is 0 Å². The van der Waals surface area contributed by atoms with Crippen LogP contribution in [0.4, 0.5) is 10.2 Å². The first-order valence-electron chi connectivity index (χ1n) is 11.8. The zero-order valence-electron chi connectivity index (χ0n) is 19.1. The van der Waals surface area contributed by atoms with E-state index in [9.17, 15) is 9.18 Å². The first-order valence-corrected chi connectivity index (χ1v) is 11.8. The lowest BCUT2D eigenvalue weighted by atomic mass is 9.88. The Morgan fingerprint density at radius 2 is 2.00 bits per heavy atom. The van der Waals surface area contributed by atoms with Crippen LogP contribution in [0, 0.1) is 11.7 Å². The van der Waals surface area contributed by atoms with Gasteiger partial charge < -0.3 is 15.4 Å². The Bertz CT molecular complexity index is 1050. The summed E-state index contributed by atoms with van der Waals surface area (Å²) in [6.45, 7) is 2.68. The Morgan fingerprint density at radius 1 is 1.21 bits per heavy atom. The van der Waals surface area contributed by atoms with E-state index in [0.29, 0.717) is 18.8 Å². The van der Waals surface area contributed by atoms with Gasteiger partial charge in [-0.2, -0.15) is 0 Å². The molecule has 2 aliphatic rings. The molecule has 2 aromatic heterocycles. The molecule has 0 amide bonds. The second kappa shape index (κ2) is 10.8. The van der Waals surface area contributed by atoms with Gasteiger partial charge in [-0.05, 0) is 68.2 Å². The molecule has 176 valence electrons. The van der Waals surface area contributed by atoms with Crippen molar-refractivity contribution in [2.75, 3.05) is 18.5 Å². The van der Waals surface area contributed by atoms with Crippen LogP contribution >= 0.6 is 0 Å². The Balaban J connectivity index is 1.61. The minimum atomic E-state index is -0.363. The van der Waals surface area contributed by atoms with E-state index in [2.05, 4.69) is 27.2 Å². The van der Waals surface area contributed by atoms with Gasteiger partial charge in [-0.1, -0.05) is 13.3 Å². The number of nitrogens with one attached hydrogen (secondary N) is 2. The molecule has 8 heteroatoms. The highest BCUT2D eigenvalue weighted by Crippen LogP contribution is 2.37. The number of fused-ring (bicyclic) bond motifs is 1. The number of aliphatic hydroxyl groups excluding tert-OH is 1. The standard InChI is InChI=1S/C25H32FN5O2/c1-2-16-13-21(30-22-8-3-18(26)15-29-22)14-17-9-10-28-25(33)23(17)24(16)31-20-6-4-19(5-7-20)27-11-12-32/h3,8-10,15-16,21,24,32H,2,4-7,11-14H2,1H3,(H,28,33)(H,29,30). The summed E-state index contributed by atoms with van der Waals surface area (Å²) in [5.74, 6) is 0.469. The molecule has 0 bridgehead atoms. The van der Waals surface area contributed by atoms with E-state index >= 15 is 0 Å². The highest BCUT2D eigenvalue weighted by Gasteiger charge is 2.33. The summed E-state index contributed by atoms with van der Waals surface area (Å²) < 4.78 is 13.3. The molecular weight excluding hydrogens is 421 g/mol. The molecule has 2 heterocycles. The van der Waals surface area contributed by atoms with Crippen LogP contribution in [-0.2, 0) is 6.42 Å². The summed E-state index contributed by atoms with van der Waals surface area (Å²) >= 11 is 0. The van der Waals surface area contributed by atoms with Crippen molar-refractivity contribution in [3.8, 4) is 0 Å². The molecule has 33 heavy (non-hydrogen) atoms. The van der Waals surface area contributed by atoms with Gasteiger partial charge in [-0.15, -0.1) is 0 Å². The number of hydrogen-bond acceptors (Lipinski definition) is 6. The lowest BCUT2D eigenvalue weighted by Gasteiger charge is -2.26. The number of aliphatic hydroxyl groups is 1. The van der Waals surface area contributed by atoms with Gasteiger partial charge >= 0.3 is 0 Å². The Hall–Kier alpha value is -2.87. The van der Waals surface area contributed by atoms with Crippen LogP contribution in [0.5, 0.6) is 0 Å². The van der Waals surface area contributed by atoms with Crippen molar-refractivity contribution < 1.29 is 9.50 Å². The molecule has 1 fully saturated rings. The van der Waals surface area contributed by atoms with E-state index in [-0.39, 0.29) is 36.0 Å². The van der Waals surface area contributed by atoms with E-state index in [4.69, 9.17) is 10.1 Å². The van der Waals surface area contributed by atoms with E-state index < -0.39 is 0 Å². The van der Waals surface area contributed by atoms with Crippen molar-refractivity contribution in [2.45, 2.75) is 64.0 Å². The first kappa shape index (κ1) is 23.3. The number of halogens is 1. The van der Waals surface area contributed by atoms with Crippen molar-refractivity contribution in [1.29, 1.82) is 0 Å². The van der Waals surface area contributed by atoms with Gasteiger partial charge in [0.05, 0.1) is 25.4 Å². The number of pyridine rings is 2. The van der Waals surface area contributed by atoms with Crippen LogP contribution in [0.25, 0.3) is 0 Å². The van der Waals surface area contributed by atoms with Crippen molar-refractivity contribution >= 4 is 17.2 Å². The molecule has 4 rings (SSSR count). The van der Waals surface area contributed by atoms with Crippen LogP contribution in [-0.4, -0.2) is 45.7 Å². The molecule has 3 N–H and O–H groups in total. The molecule has 2 aromatic rings. The largest absolute Gasteiger partial charge is 0.394 e. The van der Waals surface area contributed by atoms with Gasteiger partial charge in [0.15, 0.2) is 0 Å². The normalized spacial score (nSPS) is 22.9. The quantitative estimate of drug-likeness (QED) is 0.578. The summed E-state index contributed by atoms with van der Waals surface area (Å²) in [5, 5.41) is 12.5. The average Bonchev–Trinajstić information content (AvgIpc) is 2.97. The number of hydrogen-bond donors (Lipinski definition) is 3. The minimum absolute atomic E-state index is 0.0677. The van der Waals surface area contributed by atoms with Gasteiger partial charge in [-0.25, -0.2) is 9.37 Å². The van der Waals surface area contributed by atoms with Crippen LogP contribution in [0.15, 0.2) is 45.4 Å². The summed E-state index contributed by atoms with van der Waals surface area (Å²) in [6, 6.07) is 4.92. The number of anilines is 1. The number of aliphatic imine (C=N–C) groups is 2. The number of H-pyrrole nitrogens is 1. The van der Waals surface area contributed by atoms with Crippen LogP contribution in [0.3, 0.4) is 0 Å². The first-order chi connectivity index (χ1) is 16.1. The van der Waals surface area contributed by atoms with Crippen molar-refractivity contribution in [2.24, 2.45) is 15.9 Å². The fourth-order valence-electron chi connectivity index (χ4n) is 4.97. The van der Waals surface area contributed by atoms with Gasteiger partial charge in [0, 0.05) is 29.2 Å². The van der Waals surface area contributed by atoms with Crippen LogP contribution in [0.2, 0.25) is 0 Å². The fourth-order valence-corrected chi connectivity index (χ4v) is 4.97. The summed E-state index contributed by atoms with van der Waals surface area (Å²) in [4.78, 5) is 29.6. The van der Waals surface area contributed by atoms with Crippen LogP contribution in [0.1, 0.15) is 62.6 Å². The topological polar surface area (TPSA) is 103 Å². The summed E-state index contributed by atoms with van der Waals surface area (Å²) in [7, 11) is 0. The van der Waals surface area contributed by atoms with Gasteiger partial charge in [0.25, 0.3) is 5.56 Å². The zero-order chi connectivity index (χ0) is 23.2. The highest BCUT2D eigenvalue weighted by atomic mass is 19.1. The lowest BCUT2D eigenvalue weighted by Crippen LogP contribution is -2.26. The Kier molecular flexibility index (Phi) is 7.65. The lowest BCUT2D eigenvalue weighted by molar-refractivity contribution is 0.306. The summed E-state index contributed by atoms with van der Waals surface area (Å²) in [5.41, 5.74) is 3.99. The predicted octanol–water partition coefficient (Wildman–Crippen LogP) is 3.85. The van der Waals surface area contributed by atoms with Crippen molar-refractivity contribution in [1.82, 2.24) is 9.97 Å². The molecule has 0 spiro atoms. The SMILES string of the molecule is CCC1CC(Nc2ccc(F)cn2)Cc2cc[nH]c(=O)c2C1N=C1CCC(=NCCO)CC1. The van der Waals surface area contributed by atoms with Gasteiger partial charge in [-0.3, -0.25) is 14.8 Å². The third-order valence-corrected chi connectivity index (χ3v) is 6.65. The highest BCUT2D eigenvalue weighted by molar-refractivity contribution is 5.98. The average molecular weight is 454 g/mol. The molecule has 3 atom stereocenters. The fraction of sp³-hybridized carbons (Fsp3) is 0.520. The second-order valence-electron chi connectivity index (χ2n) is 8.87. The number of aromatic amines is 1. The van der Waals surface area contributed by atoms with Gasteiger partial charge in [0.2, 0.25) is 0 Å². The minimum Gasteiger partial charge on any atom is -0.394 e. The van der Waals surface area contributed by atoms with E-state index in [1.165, 1.54) is 12.3 Å². The number of nitrogens with zero attached hydrogens (tertiary/aromatic N) is 3. The molecule has 3 unspecified atom stereocenters. The maximum atomic E-state index is 13.3. The van der Waals surface area contributed by atoms with Crippen LogP contribution < -0.4 is 10.9 Å². The molecule has 0 aliphatic heterocycles. The molecule has 7 nitrogen and oxygen atoms in total. The van der Waals surface area contributed by atoms with E-state index in [1.54, 1.807) is 12.3 Å². The monoisotopic (exact) mass is 453 g/mol. The zero-order valence-corrected chi connectivity index (χ0v) is 19.1. The smallest absolute Gasteiger partial charge is 0.253 e. The molecule has 0 radical (unpaired) electrons. The molecular formula is C25H32FN5O2. The maximum absolute atomic E-state index is 13.3. The molecule has 2 aliphatic carbocycles. The maximum Gasteiger partial charge on any atom is 0.253 e. The number of aromatic nitrogens is 2. The Labute approximate surface area is 193 Å².